The van der Waals surface area contributed by atoms with Crippen LogP contribution >= 0.6 is 23.8 Å². The highest BCUT2D eigenvalue weighted by Crippen LogP contribution is 2.12. The molecule has 1 aromatic heterocycles. The third-order valence-electron chi connectivity index (χ3n) is 2.54. The van der Waals surface area contributed by atoms with Gasteiger partial charge in [-0.3, -0.25) is 4.68 Å². The Hall–Kier alpha value is -1.59. The summed E-state index contributed by atoms with van der Waals surface area (Å²) in [6.07, 6.45) is 1.90. The fourth-order valence-corrected chi connectivity index (χ4v) is 2.31. The Balaban J connectivity index is 1.97. The Labute approximate surface area is 129 Å². The summed E-state index contributed by atoms with van der Waals surface area (Å²) in [7, 11) is 0. The third kappa shape index (κ3) is 4.51. The highest BCUT2D eigenvalue weighted by Gasteiger charge is 2.03. The highest BCUT2D eigenvalue weighted by atomic mass is 35.5. The van der Waals surface area contributed by atoms with Gasteiger partial charge < -0.3 is 10.6 Å². The monoisotopic (exact) mass is 308 g/mol. The van der Waals surface area contributed by atoms with Gasteiger partial charge in [-0.2, -0.15) is 5.10 Å². The van der Waals surface area contributed by atoms with Crippen molar-refractivity contribution in [2.24, 2.45) is 0 Å². The van der Waals surface area contributed by atoms with Crippen LogP contribution in [-0.2, 0) is 6.54 Å². The zero-order valence-electron chi connectivity index (χ0n) is 11.4. The Kier molecular flexibility index (Phi) is 4.98. The molecule has 0 aliphatic carbocycles. The summed E-state index contributed by atoms with van der Waals surface area (Å²) in [5.41, 5.74) is 1.11. The molecular weight excluding hydrogens is 292 g/mol. The molecule has 0 aliphatic heterocycles. The summed E-state index contributed by atoms with van der Waals surface area (Å²) in [5, 5.41) is 11.9. The Morgan fingerprint density at radius 1 is 1.40 bits per heavy atom. The van der Waals surface area contributed by atoms with Crippen LogP contribution in [0.2, 0.25) is 5.02 Å². The lowest BCUT2D eigenvalue weighted by molar-refractivity contribution is 0.689. The van der Waals surface area contributed by atoms with Crippen molar-refractivity contribution in [2.45, 2.75) is 26.4 Å². The summed E-state index contributed by atoms with van der Waals surface area (Å²) in [6.45, 7) is 4.74. The molecule has 20 heavy (non-hydrogen) atoms. The molecule has 1 aromatic carbocycles. The van der Waals surface area contributed by atoms with Gasteiger partial charge in [0.15, 0.2) is 10.9 Å². The maximum absolute atomic E-state index is 5.97. The molecule has 0 saturated heterocycles. The normalized spacial score (nSPS) is 10.6. The lowest BCUT2D eigenvalue weighted by Crippen LogP contribution is -2.34. The molecule has 0 spiro atoms. The first kappa shape index (κ1) is 14.8. The van der Waals surface area contributed by atoms with Crippen molar-refractivity contribution in [3.05, 3.63) is 47.1 Å². The highest BCUT2D eigenvalue weighted by molar-refractivity contribution is 7.80. The van der Waals surface area contributed by atoms with Gasteiger partial charge in [-0.25, -0.2) is 0 Å². The minimum absolute atomic E-state index is 0.295. The molecule has 0 saturated carbocycles. The third-order valence-corrected chi connectivity index (χ3v) is 2.99. The second-order valence-corrected chi connectivity index (χ2v) is 5.63. The molecule has 4 nitrogen and oxygen atoms in total. The summed E-state index contributed by atoms with van der Waals surface area (Å²) >= 11 is 11.1. The van der Waals surface area contributed by atoms with E-state index >= 15 is 0 Å². The molecule has 0 aliphatic rings. The zero-order chi connectivity index (χ0) is 14.5. The van der Waals surface area contributed by atoms with Crippen LogP contribution in [0.4, 0.5) is 5.82 Å². The maximum atomic E-state index is 5.97. The van der Waals surface area contributed by atoms with E-state index in [1.54, 1.807) is 0 Å². The van der Waals surface area contributed by atoms with Crippen molar-refractivity contribution in [3.8, 4) is 0 Å². The van der Waals surface area contributed by atoms with Crippen molar-refractivity contribution < 1.29 is 0 Å². The van der Waals surface area contributed by atoms with Gasteiger partial charge in [-0.1, -0.05) is 23.7 Å². The minimum Gasteiger partial charge on any atom is -0.360 e. The predicted octanol–water partition coefficient (Wildman–Crippen LogP) is 3.28. The van der Waals surface area contributed by atoms with Crippen molar-refractivity contribution in [1.82, 2.24) is 15.1 Å². The lowest BCUT2D eigenvalue weighted by atomic mass is 10.2. The topological polar surface area (TPSA) is 41.9 Å². The number of rotatable bonds is 4. The van der Waals surface area contributed by atoms with Gasteiger partial charge in [0, 0.05) is 23.3 Å². The summed E-state index contributed by atoms with van der Waals surface area (Å²) in [5.74, 6) is 0.727. The molecule has 0 amide bonds. The molecule has 0 bridgehead atoms. The molecule has 2 rings (SSSR count). The number of hydrogen-bond acceptors (Lipinski definition) is 2. The van der Waals surface area contributed by atoms with Crippen molar-refractivity contribution in [2.75, 3.05) is 5.32 Å². The molecule has 1 heterocycles. The number of halogens is 1. The Morgan fingerprint density at radius 3 is 2.90 bits per heavy atom. The van der Waals surface area contributed by atoms with E-state index in [0.29, 0.717) is 17.7 Å². The number of aromatic nitrogens is 2. The van der Waals surface area contributed by atoms with Crippen LogP contribution in [0.1, 0.15) is 19.4 Å². The van der Waals surface area contributed by atoms with Crippen molar-refractivity contribution in [3.63, 3.8) is 0 Å². The number of nitrogens with zero attached hydrogens (tertiary/aromatic N) is 2. The van der Waals surface area contributed by atoms with Gasteiger partial charge in [-0.15, -0.1) is 0 Å². The number of thiocarbonyl (C=S) groups is 1. The van der Waals surface area contributed by atoms with E-state index in [-0.39, 0.29) is 0 Å². The molecule has 6 heteroatoms. The van der Waals surface area contributed by atoms with Gasteiger partial charge >= 0.3 is 0 Å². The second kappa shape index (κ2) is 6.72. The van der Waals surface area contributed by atoms with Crippen LogP contribution in [0.5, 0.6) is 0 Å². The maximum Gasteiger partial charge on any atom is 0.172 e. The lowest BCUT2D eigenvalue weighted by Gasteiger charge is -2.11. The average molecular weight is 309 g/mol. The number of hydrogen-bond donors (Lipinski definition) is 2. The van der Waals surface area contributed by atoms with E-state index in [0.717, 1.165) is 16.4 Å². The molecule has 0 atom stereocenters. The predicted molar refractivity (Wildman–Crippen MR) is 87.3 cm³/mol. The van der Waals surface area contributed by atoms with E-state index in [1.807, 2.05) is 55.1 Å². The van der Waals surface area contributed by atoms with Gasteiger partial charge in [-0.05, 0) is 43.8 Å². The fraction of sp³-hybridized carbons (Fsp3) is 0.286. The molecule has 0 unspecified atom stereocenters. The standard InChI is InChI=1S/C14H17ClN4S/c1-10(2)16-14(20)17-13-6-7-19(18-13)9-11-4-3-5-12(15)8-11/h3-8,10H,9H2,1-2H3,(H2,16,17,18,20). The van der Waals surface area contributed by atoms with Crippen molar-refractivity contribution >= 4 is 34.7 Å². The van der Waals surface area contributed by atoms with Crippen LogP contribution in [-0.4, -0.2) is 20.9 Å². The first-order valence-corrected chi connectivity index (χ1v) is 7.17. The van der Waals surface area contributed by atoms with Crippen LogP contribution in [0.25, 0.3) is 0 Å². The minimum atomic E-state index is 0.295. The van der Waals surface area contributed by atoms with Gasteiger partial charge in [0.05, 0.1) is 6.54 Å². The first-order chi connectivity index (χ1) is 9.52. The van der Waals surface area contributed by atoms with E-state index in [1.165, 1.54) is 0 Å². The SMILES string of the molecule is CC(C)NC(=S)Nc1ccn(Cc2cccc(Cl)c2)n1. The number of anilines is 1. The molecule has 2 aromatic rings. The van der Waals surface area contributed by atoms with Crippen LogP contribution in [0, 0.1) is 0 Å². The van der Waals surface area contributed by atoms with Crippen LogP contribution in [0.15, 0.2) is 36.5 Å². The van der Waals surface area contributed by atoms with Gasteiger partial charge in [0.1, 0.15) is 0 Å². The smallest absolute Gasteiger partial charge is 0.172 e. The fourth-order valence-electron chi connectivity index (χ4n) is 1.75. The van der Waals surface area contributed by atoms with E-state index in [2.05, 4.69) is 15.7 Å². The summed E-state index contributed by atoms with van der Waals surface area (Å²) in [4.78, 5) is 0. The quantitative estimate of drug-likeness (QED) is 0.851. The largest absolute Gasteiger partial charge is 0.360 e. The Morgan fingerprint density at radius 2 is 2.20 bits per heavy atom. The van der Waals surface area contributed by atoms with Crippen LogP contribution < -0.4 is 10.6 Å². The summed E-state index contributed by atoms with van der Waals surface area (Å²) < 4.78 is 1.84. The summed E-state index contributed by atoms with van der Waals surface area (Å²) in [6, 6.07) is 9.92. The van der Waals surface area contributed by atoms with Gasteiger partial charge in [0.2, 0.25) is 0 Å². The van der Waals surface area contributed by atoms with Gasteiger partial charge in [0.25, 0.3) is 0 Å². The first-order valence-electron chi connectivity index (χ1n) is 6.38. The second-order valence-electron chi connectivity index (χ2n) is 4.78. The Bertz CT molecular complexity index is 594. The molecular formula is C14H17ClN4S. The number of benzene rings is 1. The average Bonchev–Trinajstić information content (AvgIpc) is 2.75. The molecule has 0 fully saturated rings. The number of nitrogens with one attached hydrogen (secondary N) is 2. The van der Waals surface area contributed by atoms with Crippen molar-refractivity contribution in [1.29, 1.82) is 0 Å². The van der Waals surface area contributed by atoms with E-state index in [9.17, 15) is 0 Å². The van der Waals surface area contributed by atoms with Crippen LogP contribution in [0.3, 0.4) is 0 Å². The van der Waals surface area contributed by atoms with E-state index < -0.39 is 0 Å². The molecule has 106 valence electrons. The molecule has 0 radical (unpaired) electrons. The molecule has 2 N–H and O–H groups in total. The van der Waals surface area contributed by atoms with E-state index in [4.69, 9.17) is 23.8 Å². The zero-order valence-corrected chi connectivity index (χ0v) is 13.0.